The quantitative estimate of drug-likeness (QED) is 0.591. The largest absolute Gasteiger partial charge is 0.508 e. The molecule has 6 heteroatoms. The smallest absolute Gasteiger partial charge is 0.214 e. The van der Waals surface area contributed by atoms with Crippen LogP contribution in [0.5, 0.6) is 5.75 Å². The number of aromatic hydroxyl groups is 1. The van der Waals surface area contributed by atoms with E-state index in [9.17, 15) is 13.5 Å². The van der Waals surface area contributed by atoms with E-state index in [1.165, 1.54) is 4.31 Å². The van der Waals surface area contributed by atoms with Crippen molar-refractivity contribution >= 4 is 21.6 Å². The van der Waals surface area contributed by atoms with Crippen LogP contribution in [0.15, 0.2) is 24.3 Å². The SMILES string of the molecule is CCN(C(C)c1cccc(O)c1)S(=O)(=O)CCCCCl. The highest BCUT2D eigenvalue weighted by molar-refractivity contribution is 7.89. The van der Waals surface area contributed by atoms with Crippen LogP contribution >= 0.6 is 11.6 Å². The first-order chi connectivity index (χ1) is 9.42. The lowest BCUT2D eigenvalue weighted by Gasteiger charge is -2.27. The van der Waals surface area contributed by atoms with Crippen LogP contribution < -0.4 is 0 Å². The van der Waals surface area contributed by atoms with E-state index in [1.807, 2.05) is 19.9 Å². The molecule has 4 nitrogen and oxygen atoms in total. The summed E-state index contributed by atoms with van der Waals surface area (Å²) in [7, 11) is -3.31. The molecule has 0 aliphatic carbocycles. The van der Waals surface area contributed by atoms with Gasteiger partial charge in [0.15, 0.2) is 0 Å². The van der Waals surface area contributed by atoms with E-state index in [0.29, 0.717) is 25.3 Å². The molecule has 0 aromatic heterocycles. The Kier molecular flexibility index (Phi) is 6.79. The van der Waals surface area contributed by atoms with Gasteiger partial charge in [-0.05, 0) is 37.5 Å². The predicted molar refractivity (Wildman–Crippen MR) is 82.6 cm³/mol. The third-order valence-electron chi connectivity index (χ3n) is 3.24. The number of alkyl halides is 1. The summed E-state index contributed by atoms with van der Waals surface area (Å²) < 4.78 is 26.2. The lowest BCUT2D eigenvalue weighted by molar-refractivity contribution is 0.355. The Labute approximate surface area is 126 Å². The minimum absolute atomic E-state index is 0.108. The molecular formula is C14H22ClNO3S. The summed E-state index contributed by atoms with van der Waals surface area (Å²) in [5.74, 6) is 0.727. The fraction of sp³-hybridized carbons (Fsp3) is 0.571. The third-order valence-corrected chi connectivity index (χ3v) is 5.60. The molecule has 1 rings (SSSR count). The van der Waals surface area contributed by atoms with Crippen LogP contribution in [0.3, 0.4) is 0 Å². The topological polar surface area (TPSA) is 57.6 Å². The molecule has 0 saturated heterocycles. The molecule has 1 atom stereocenters. The van der Waals surface area contributed by atoms with E-state index in [-0.39, 0.29) is 17.5 Å². The first-order valence-corrected chi connectivity index (χ1v) is 8.91. The van der Waals surface area contributed by atoms with Crippen molar-refractivity contribution in [3.05, 3.63) is 29.8 Å². The Balaban J connectivity index is 2.89. The normalized spacial score (nSPS) is 13.6. The molecule has 1 unspecified atom stereocenters. The van der Waals surface area contributed by atoms with Crippen molar-refractivity contribution in [3.8, 4) is 5.75 Å². The van der Waals surface area contributed by atoms with Gasteiger partial charge in [0.1, 0.15) is 5.75 Å². The van der Waals surface area contributed by atoms with E-state index in [2.05, 4.69) is 0 Å². The van der Waals surface area contributed by atoms with Gasteiger partial charge in [-0.3, -0.25) is 0 Å². The van der Waals surface area contributed by atoms with Gasteiger partial charge in [-0.15, -0.1) is 11.6 Å². The Morgan fingerprint density at radius 1 is 1.35 bits per heavy atom. The second kappa shape index (κ2) is 7.86. The fourth-order valence-electron chi connectivity index (χ4n) is 2.16. The summed E-state index contributed by atoms with van der Waals surface area (Å²) >= 11 is 5.58. The molecule has 1 aromatic rings. The van der Waals surface area contributed by atoms with Crippen LogP contribution in [0.25, 0.3) is 0 Å². The van der Waals surface area contributed by atoms with Gasteiger partial charge in [-0.25, -0.2) is 8.42 Å². The van der Waals surface area contributed by atoms with Crippen LogP contribution in [0.1, 0.15) is 38.3 Å². The van der Waals surface area contributed by atoms with Gasteiger partial charge in [0.2, 0.25) is 10.0 Å². The molecule has 0 bridgehead atoms. The van der Waals surface area contributed by atoms with Crippen molar-refractivity contribution in [3.63, 3.8) is 0 Å². The summed E-state index contributed by atoms with van der Waals surface area (Å²) in [5, 5.41) is 9.51. The highest BCUT2D eigenvalue weighted by Gasteiger charge is 2.26. The monoisotopic (exact) mass is 319 g/mol. The number of phenolic OH excluding ortho intramolecular Hbond substituents is 1. The van der Waals surface area contributed by atoms with E-state index in [4.69, 9.17) is 11.6 Å². The summed E-state index contributed by atoms with van der Waals surface area (Å²) in [4.78, 5) is 0. The van der Waals surface area contributed by atoms with Crippen LogP contribution in [-0.4, -0.2) is 36.0 Å². The van der Waals surface area contributed by atoms with E-state index in [0.717, 1.165) is 5.56 Å². The maximum atomic E-state index is 12.4. The molecule has 0 spiro atoms. The van der Waals surface area contributed by atoms with Gasteiger partial charge in [0, 0.05) is 18.5 Å². The number of halogens is 1. The molecule has 1 aromatic carbocycles. The van der Waals surface area contributed by atoms with E-state index < -0.39 is 10.0 Å². The number of unbranched alkanes of at least 4 members (excludes halogenated alkanes) is 1. The number of phenols is 1. The summed E-state index contributed by atoms with van der Waals surface area (Å²) in [6.45, 7) is 4.05. The molecule has 0 aliphatic heterocycles. The Morgan fingerprint density at radius 3 is 2.60 bits per heavy atom. The Hall–Kier alpha value is -0.780. The zero-order valence-corrected chi connectivity index (χ0v) is 13.5. The molecule has 1 N–H and O–H groups in total. The average Bonchev–Trinajstić information content (AvgIpc) is 2.39. The van der Waals surface area contributed by atoms with Gasteiger partial charge >= 0.3 is 0 Å². The summed E-state index contributed by atoms with van der Waals surface area (Å²) in [6.07, 6.45) is 1.26. The molecule has 0 aliphatic rings. The van der Waals surface area contributed by atoms with Crippen molar-refractivity contribution in [2.75, 3.05) is 18.2 Å². The van der Waals surface area contributed by atoms with Gasteiger partial charge in [-0.2, -0.15) is 4.31 Å². The Morgan fingerprint density at radius 2 is 2.05 bits per heavy atom. The lowest BCUT2D eigenvalue weighted by Crippen LogP contribution is -2.35. The standard InChI is InChI=1S/C14H22ClNO3S/c1-3-16(20(18,19)10-5-4-9-15)12(2)13-7-6-8-14(17)11-13/h6-8,11-12,17H,3-5,9-10H2,1-2H3. The van der Waals surface area contributed by atoms with Crippen LogP contribution in [0.4, 0.5) is 0 Å². The van der Waals surface area contributed by atoms with E-state index >= 15 is 0 Å². The number of hydrogen-bond donors (Lipinski definition) is 1. The molecular weight excluding hydrogens is 298 g/mol. The lowest BCUT2D eigenvalue weighted by atomic mass is 10.1. The van der Waals surface area contributed by atoms with Crippen LogP contribution in [0.2, 0.25) is 0 Å². The van der Waals surface area contributed by atoms with Gasteiger partial charge < -0.3 is 5.11 Å². The minimum atomic E-state index is -3.31. The fourth-order valence-corrected chi connectivity index (χ4v) is 4.15. The average molecular weight is 320 g/mol. The summed E-state index contributed by atoms with van der Waals surface area (Å²) in [6, 6.07) is 6.41. The molecule has 0 saturated carbocycles. The van der Waals surface area contributed by atoms with Crippen molar-refractivity contribution in [1.29, 1.82) is 0 Å². The number of nitrogens with zero attached hydrogens (tertiary/aromatic N) is 1. The maximum absolute atomic E-state index is 12.4. The minimum Gasteiger partial charge on any atom is -0.508 e. The number of rotatable bonds is 8. The second-order valence-electron chi connectivity index (χ2n) is 4.69. The van der Waals surface area contributed by atoms with Crippen molar-refractivity contribution < 1.29 is 13.5 Å². The summed E-state index contributed by atoms with van der Waals surface area (Å²) in [5.41, 5.74) is 0.785. The molecule has 0 heterocycles. The van der Waals surface area contributed by atoms with Crippen LogP contribution in [0, 0.1) is 0 Å². The van der Waals surface area contributed by atoms with Gasteiger partial charge in [-0.1, -0.05) is 19.1 Å². The van der Waals surface area contributed by atoms with Crippen molar-refractivity contribution in [1.82, 2.24) is 4.31 Å². The molecule has 0 fully saturated rings. The van der Waals surface area contributed by atoms with Crippen LogP contribution in [-0.2, 0) is 10.0 Å². The first-order valence-electron chi connectivity index (χ1n) is 6.76. The van der Waals surface area contributed by atoms with Crippen molar-refractivity contribution in [2.45, 2.75) is 32.7 Å². The maximum Gasteiger partial charge on any atom is 0.214 e. The zero-order valence-electron chi connectivity index (χ0n) is 11.9. The van der Waals surface area contributed by atoms with E-state index in [1.54, 1.807) is 18.2 Å². The third kappa shape index (κ3) is 4.65. The molecule has 0 amide bonds. The van der Waals surface area contributed by atoms with Crippen molar-refractivity contribution in [2.24, 2.45) is 0 Å². The van der Waals surface area contributed by atoms with Gasteiger partial charge in [0.25, 0.3) is 0 Å². The second-order valence-corrected chi connectivity index (χ2v) is 7.11. The molecule has 114 valence electrons. The highest BCUT2D eigenvalue weighted by Crippen LogP contribution is 2.26. The predicted octanol–water partition coefficient (Wildman–Crippen LogP) is 3.12. The number of benzene rings is 1. The zero-order chi connectivity index (χ0) is 15.2. The van der Waals surface area contributed by atoms with Gasteiger partial charge in [0.05, 0.1) is 5.75 Å². The Bertz CT molecular complexity index is 519. The molecule has 0 radical (unpaired) electrons. The highest BCUT2D eigenvalue weighted by atomic mass is 35.5. The first kappa shape index (κ1) is 17.3. The number of hydrogen-bond acceptors (Lipinski definition) is 3. The number of sulfonamides is 1. The molecule has 20 heavy (non-hydrogen) atoms.